The molecule has 182 valence electrons. The molecule has 0 saturated carbocycles. The summed E-state index contributed by atoms with van der Waals surface area (Å²) in [5.74, 6) is 0.217. The molecule has 0 atom stereocenters. The maximum absolute atomic E-state index is 13.0. The topological polar surface area (TPSA) is 174 Å². The van der Waals surface area contributed by atoms with Crippen LogP contribution in [0.15, 0.2) is 95.9 Å². The second kappa shape index (κ2) is 9.90. The number of rotatable bonds is 7. The highest BCUT2D eigenvalue weighted by molar-refractivity contribution is 7.89. The number of sulfonamides is 1. The number of ether oxygens (including phenoxy) is 1. The summed E-state index contributed by atoms with van der Waals surface area (Å²) in [6.45, 7) is 0. The maximum Gasteiger partial charge on any atom is 0.255 e. The monoisotopic (exact) mass is 501 g/mol. The fraction of sp³-hybridized carbons (Fsp3) is 0. The third-order valence-electron chi connectivity index (χ3n) is 5.28. The number of nitrogens with one attached hydrogen (secondary N) is 2. The average molecular weight is 502 g/mol. The third kappa shape index (κ3) is 5.52. The van der Waals surface area contributed by atoms with Gasteiger partial charge in [-0.3, -0.25) is 10.2 Å². The van der Waals surface area contributed by atoms with E-state index in [1.54, 1.807) is 84.9 Å². The molecule has 36 heavy (non-hydrogen) atoms. The first-order valence-corrected chi connectivity index (χ1v) is 12.2. The van der Waals surface area contributed by atoms with Gasteiger partial charge in [-0.1, -0.05) is 42.5 Å². The number of benzene rings is 4. The molecule has 4 aromatic carbocycles. The lowest BCUT2D eigenvalue weighted by atomic mass is 10.0. The van der Waals surface area contributed by atoms with E-state index in [0.29, 0.717) is 45.1 Å². The number of carbonyl (C=O) groups is 1. The lowest BCUT2D eigenvalue weighted by molar-refractivity contribution is 0.102. The van der Waals surface area contributed by atoms with E-state index in [1.807, 2.05) is 0 Å². The second-order valence-electron chi connectivity index (χ2n) is 7.87. The number of primary sulfonamides is 1. The van der Waals surface area contributed by atoms with Crippen molar-refractivity contribution in [3.05, 3.63) is 102 Å². The van der Waals surface area contributed by atoms with Crippen molar-refractivity contribution in [1.29, 1.82) is 5.41 Å². The van der Waals surface area contributed by atoms with Crippen molar-refractivity contribution >= 4 is 33.1 Å². The van der Waals surface area contributed by atoms with Gasteiger partial charge in [0.1, 0.15) is 11.6 Å². The quantitative estimate of drug-likeness (QED) is 0.146. The molecule has 4 rings (SSSR count). The van der Waals surface area contributed by atoms with Crippen molar-refractivity contribution in [2.75, 3.05) is 11.1 Å². The van der Waals surface area contributed by atoms with Crippen LogP contribution in [0.4, 0.5) is 11.4 Å². The van der Waals surface area contributed by atoms with Crippen LogP contribution in [0.5, 0.6) is 11.5 Å². The Balaban J connectivity index is 1.58. The SMILES string of the molecule is N=C(N)c1cccc(Oc2cc(N)ccc2NC(=O)c2ccc(-c3ccccc3S(N)(=O)=O)cc2)c1. The Morgan fingerprint density at radius 2 is 1.58 bits per heavy atom. The van der Waals surface area contributed by atoms with Crippen LogP contribution < -0.4 is 26.7 Å². The van der Waals surface area contributed by atoms with Gasteiger partial charge in [-0.15, -0.1) is 0 Å². The van der Waals surface area contributed by atoms with Crippen LogP contribution in [-0.2, 0) is 10.0 Å². The zero-order valence-corrected chi connectivity index (χ0v) is 19.8. The summed E-state index contributed by atoms with van der Waals surface area (Å²) in [6, 6.07) is 24.3. The lowest BCUT2D eigenvalue weighted by Crippen LogP contribution is -2.14. The molecule has 0 heterocycles. The smallest absolute Gasteiger partial charge is 0.255 e. The molecule has 0 aliphatic carbocycles. The molecular formula is C26H23N5O4S. The average Bonchev–Trinajstić information content (AvgIpc) is 2.85. The predicted octanol–water partition coefficient (Wildman–Crippen LogP) is 3.91. The van der Waals surface area contributed by atoms with E-state index < -0.39 is 15.9 Å². The summed E-state index contributed by atoms with van der Waals surface area (Å²) in [5, 5.41) is 15.7. The molecular weight excluding hydrogens is 478 g/mol. The number of amides is 1. The van der Waals surface area contributed by atoms with Crippen LogP contribution >= 0.6 is 0 Å². The first-order chi connectivity index (χ1) is 17.1. The zero-order valence-electron chi connectivity index (χ0n) is 18.9. The molecule has 0 saturated heterocycles. The molecule has 0 aliphatic rings. The fourth-order valence-corrected chi connectivity index (χ4v) is 4.29. The van der Waals surface area contributed by atoms with Crippen LogP contribution in [0.3, 0.4) is 0 Å². The predicted molar refractivity (Wildman–Crippen MR) is 140 cm³/mol. The van der Waals surface area contributed by atoms with Crippen molar-refractivity contribution in [2.24, 2.45) is 10.9 Å². The van der Waals surface area contributed by atoms with E-state index in [9.17, 15) is 13.2 Å². The third-order valence-corrected chi connectivity index (χ3v) is 6.25. The van der Waals surface area contributed by atoms with Gasteiger partial charge in [0.05, 0.1) is 10.6 Å². The molecule has 0 spiro atoms. The highest BCUT2D eigenvalue weighted by Crippen LogP contribution is 2.33. The molecule has 10 heteroatoms. The highest BCUT2D eigenvalue weighted by atomic mass is 32.2. The summed E-state index contributed by atoms with van der Waals surface area (Å²) in [6.07, 6.45) is 0. The molecule has 9 nitrogen and oxygen atoms in total. The maximum atomic E-state index is 13.0. The molecule has 0 fully saturated rings. The normalized spacial score (nSPS) is 11.0. The van der Waals surface area contributed by atoms with Gasteiger partial charge in [-0.25, -0.2) is 13.6 Å². The molecule has 0 aliphatic heterocycles. The Kier molecular flexibility index (Phi) is 6.73. The summed E-state index contributed by atoms with van der Waals surface area (Å²) >= 11 is 0. The Hall–Kier alpha value is -4.67. The van der Waals surface area contributed by atoms with E-state index >= 15 is 0 Å². The van der Waals surface area contributed by atoms with Crippen LogP contribution in [0.2, 0.25) is 0 Å². The van der Waals surface area contributed by atoms with Gasteiger partial charge in [0.2, 0.25) is 10.0 Å². The summed E-state index contributed by atoms with van der Waals surface area (Å²) in [7, 11) is -3.91. The summed E-state index contributed by atoms with van der Waals surface area (Å²) in [4.78, 5) is 13.0. The van der Waals surface area contributed by atoms with Gasteiger partial charge < -0.3 is 21.5 Å². The Morgan fingerprint density at radius 3 is 2.28 bits per heavy atom. The van der Waals surface area contributed by atoms with Crippen LogP contribution in [0, 0.1) is 5.41 Å². The fourth-order valence-electron chi connectivity index (χ4n) is 3.53. The summed E-state index contributed by atoms with van der Waals surface area (Å²) < 4.78 is 29.8. The Morgan fingerprint density at radius 1 is 0.861 bits per heavy atom. The second-order valence-corrected chi connectivity index (χ2v) is 9.40. The lowest BCUT2D eigenvalue weighted by Gasteiger charge is -2.14. The van der Waals surface area contributed by atoms with Crippen LogP contribution in [0.1, 0.15) is 15.9 Å². The number of hydrogen-bond acceptors (Lipinski definition) is 6. The molecule has 0 aromatic heterocycles. The van der Waals surface area contributed by atoms with Crippen LogP contribution in [0.25, 0.3) is 11.1 Å². The highest BCUT2D eigenvalue weighted by Gasteiger charge is 2.16. The number of amidine groups is 1. The van der Waals surface area contributed by atoms with Crippen molar-refractivity contribution in [2.45, 2.75) is 4.90 Å². The first-order valence-electron chi connectivity index (χ1n) is 10.7. The van der Waals surface area contributed by atoms with E-state index in [0.717, 1.165) is 0 Å². The van der Waals surface area contributed by atoms with Crippen molar-refractivity contribution in [3.63, 3.8) is 0 Å². The standard InChI is InChI=1S/C26H23N5O4S/c27-19-12-13-22(23(15-19)35-20-5-3-4-18(14-20)25(28)29)31-26(32)17-10-8-16(9-11-17)21-6-1-2-7-24(21)36(30,33)34/h1-15H,27H2,(H3,28,29)(H,31,32)(H2,30,33,34). The number of carbonyl (C=O) groups excluding carboxylic acids is 1. The minimum absolute atomic E-state index is 0.000270. The number of hydrogen-bond donors (Lipinski definition) is 5. The van der Waals surface area contributed by atoms with Crippen molar-refractivity contribution in [1.82, 2.24) is 0 Å². The van der Waals surface area contributed by atoms with E-state index in [1.165, 1.54) is 6.07 Å². The molecule has 1 amide bonds. The van der Waals surface area contributed by atoms with Crippen molar-refractivity contribution < 1.29 is 17.9 Å². The van der Waals surface area contributed by atoms with Gasteiger partial charge in [-0.05, 0) is 48.0 Å². The van der Waals surface area contributed by atoms with Crippen LogP contribution in [-0.4, -0.2) is 20.2 Å². The van der Waals surface area contributed by atoms with Gasteiger partial charge >= 0.3 is 0 Å². The Labute approximate surface area is 208 Å². The first kappa shape index (κ1) is 24.5. The molecule has 0 bridgehead atoms. The van der Waals surface area contributed by atoms with Crippen molar-refractivity contribution in [3.8, 4) is 22.6 Å². The minimum Gasteiger partial charge on any atom is -0.455 e. The number of nitrogens with two attached hydrogens (primary N) is 3. The largest absolute Gasteiger partial charge is 0.455 e. The number of nitrogen functional groups attached to an aromatic ring is 2. The van der Waals surface area contributed by atoms with Gasteiger partial charge in [-0.2, -0.15) is 0 Å². The summed E-state index contributed by atoms with van der Waals surface area (Å²) in [5.41, 5.74) is 14.2. The minimum atomic E-state index is -3.91. The van der Waals surface area contributed by atoms with Gasteiger partial charge in [0.25, 0.3) is 5.91 Å². The zero-order chi connectivity index (χ0) is 25.9. The molecule has 0 unspecified atom stereocenters. The molecule has 4 aromatic rings. The van der Waals surface area contributed by atoms with E-state index in [4.69, 9.17) is 26.8 Å². The van der Waals surface area contributed by atoms with E-state index in [-0.39, 0.29) is 10.7 Å². The molecule has 0 radical (unpaired) electrons. The Bertz CT molecular complexity index is 1570. The number of anilines is 2. The molecule has 8 N–H and O–H groups in total. The van der Waals surface area contributed by atoms with E-state index in [2.05, 4.69) is 5.32 Å². The van der Waals surface area contributed by atoms with Gasteiger partial charge in [0.15, 0.2) is 5.75 Å². The van der Waals surface area contributed by atoms with Gasteiger partial charge in [0, 0.05) is 28.4 Å².